The zero-order valence-electron chi connectivity index (χ0n) is 20.7. The second kappa shape index (κ2) is 16.0. The van der Waals surface area contributed by atoms with Gasteiger partial charge in [-0.25, -0.2) is 4.68 Å². The van der Waals surface area contributed by atoms with Crippen LogP contribution in [0.3, 0.4) is 0 Å². The van der Waals surface area contributed by atoms with E-state index in [4.69, 9.17) is 29.4 Å². The minimum Gasteiger partial charge on any atom is -0.489 e. The molecule has 1 atom stereocenters. The lowest BCUT2D eigenvalue weighted by molar-refractivity contribution is -0.142. The Kier molecular flexibility index (Phi) is 12.9. The number of aryl methyl sites for hydroxylation is 1. The summed E-state index contributed by atoms with van der Waals surface area (Å²) < 4.78 is 28.0. The summed E-state index contributed by atoms with van der Waals surface area (Å²) in [7, 11) is 4.65. The van der Waals surface area contributed by atoms with Crippen molar-refractivity contribution in [3.05, 3.63) is 46.4 Å². The van der Waals surface area contributed by atoms with E-state index in [0.717, 1.165) is 5.56 Å². The average Bonchev–Trinajstić information content (AvgIpc) is 2.88. The van der Waals surface area contributed by atoms with Crippen molar-refractivity contribution < 1.29 is 28.5 Å². The van der Waals surface area contributed by atoms with Crippen LogP contribution in [0.5, 0.6) is 5.75 Å². The van der Waals surface area contributed by atoms with E-state index in [1.165, 1.54) is 18.0 Å². The third kappa shape index (κ3) is 9.38. The summed E-state index contributed by atoms with van der Waals surface area (Å²) in [6.45, 7) is 3.45. The Hall–Kier alpha value is -2.83. The summed E-state index contributed by atoms with van der Waals surface area (Å²) in [6, 6.07) is 6.95. The third-order valence-electron chi connectivity index (χ3n) is 5.11. The molecule has 1 heterocycles. The van der Waals surface area contributed by atoms with E-state index in [-0.39, 0.29) is 18.1 Å². The van der Waals surface area contributed by atoms with Crippen LogP contribution in [0.15, 0.2) is 35.3 Å². The van der Waals surface area contributed by atoms with Gasteiger partial charge in [0.05, 0.1) is 58.5 Å². The molecule has 0 aliphatic rings. The minimum atomic E-state index is -0.451. The fourth-order valence-corrected chi connectivity index (χ4v) is 3.22. The summed E-state index contributed by atoms with van der Waals surface area (Å²) in [6.07, 6.45) is 1.98. The van der Waals surface area contributed by atoms with Gasteiger partial charge in [0, 0.05) is 13.6 Å². The lowest BCUT2D eigenvalue weighted by atomic mass is 10.0. The number of nitrogens with two attached hydrogens (primary N) is 1. The third-order valence-corrected chi connectivity index (χ3v) is 5.11. The molecule has 2 rings (SSSR count). The maximum Gasteiger partial charge on any atom is 0.323 e. The molecular weight excluding hydrogens is 456 g/mol. The molecule has 2 aromatic rings. The lowest BCUT2D eigenvalue weighted by Crippen LogP contribution is -2.36. The second-order valence-electron chi connectivity index (χ2n) is 7.55. The average molecular weight is 493 g/mol. The number of nitrogens with one attached hydrogen (secondary N) is 1. The molecule has 3 N–H and O–H groups in total. The molecule has 35 heavy (non-hydrogen) atoms. The first-order valence-electron chi connectivity index (χ1n) is 11.5. The van der Waals surface area contributed by atoms with Crippen LogP contribution in [-0.4, -0.2) is 88.7 Å². The van der Waals surface area contributed by atoms with Gasteiger partial charge in [-0.1, -0.05) is 24.3 Å². The number of aromatic nitrogens is 2. The van der Waals surface area contributed by atoms with Crippen LogP contribution >= 0.6 is 0 Å². The molecule has 0 amide bonds. The van der Waals surface area contributed by atoms with Crippen LogP contribution < -0.4 is 21.3 Å². The van der Waals surface area contributed by atoms with E-state index in [1.54, 1.807) is 14.1 Å². The first kappa shape index (κ1) is 28.4. The molecule has 0 saturated carbocycles. The maximum absolute atomic E-state index is 12.8. The van der Waals surface area contributed by atoms with Gasteiger partial charge in [0.2, 0.25) is 0 Å². The zero-order chi connectivity index (χ0) is 25.5. The molecule has 0 aliphatic heterocycles. The monoisotopic (exact) mass is 492 g/mol. The van der Waals surface area contributed by atoms with E-state index in [0.29, 0.717) is 69.5 Å². The number of ether oxygens (including phenoxy) is 5. The molecule has 0 radical (unpaired) electrons. The number of hydrogen-bond acceptors (Lipinski definition) is 10. The van der Waals surface area contributed by atoms with Gasteiger partial charge in [0.1, 0.15) is 12.6 Å². The number of likely N-dealkylation sites (N-methyl/N-ethyl adjacent to an activating group) is 1. The smallest absolute Gasteiger partial charge is 0.323 e. The van der Waals surface area contributed by atoms with Crippen LogP contribution in [0, 0.1) is 0 Å². The Labute approximate surface area is 205 Å². The number of nitrogens with zero attached hydrogens (tertiary/aromatic N) is 2. The predicted octanol–water partition coefficient (Wildman–Crippen LogP) is 0.138. The number of methoxy groups -OCH3 is 1. The zero-order valence-corrected chi connectivity index (χ0v) is 20.7. The van der Waals surface area contributed by atoms with Crippen molar-refractivity contribution in [1.29, 1.82) is 0 Å². The molecule has 1 aromatic heterocycles. The van der Waals surface area contributed by atoms with E-state index in [1.807, 2.05) is 24.3 Å². The van der Waals surface area contributed by atoms with Crippen molar-refractivity contribution in [2.24, 2.45) is 12.8 Å². The van der Waals surface area contributed by atoms with Crippen LogP contribution in [0.2, 0.25) is 0 Å². The first-order valence-corrected chi connectivity index (χ1v) is 11.5. The number of rotatable bonds is 17. The number of esters is 1. The fourth-order valence-electron chi connectivity index (χ4n) is 3.22. The van der Waals surface area contributed by atoms with Crippen molar-refractivity contribution in [3.8, 4) is 16.9 Å². The minimum absolute atomic E-state index is 0.253. The van der Waals surface area contributed by atoms with Gasteiger partial charge >= 0.3 is 5.97 Å². The van der Waals surface area contributed by atoms with E-state index < -0.39 is 6.04 Å². The molecule has 11 heteroatoms. The van der Waals surface area contributed by atoms with Crippen LogP contribution in [0.4, 0.5) is 0 Å². The molecule has 0 bridgehead atoms. The Morgan fingerprint density at radius 1 is 1.03 bits per heavy atom. The molecule has 0 fully saturated rings. The number of carbonyl (C=O) groups excluding carboxylic acids is 1. The quantitative estimate of drug-likeness (QED) is 0.232. The fraction of sp³-hybridized carbons (Fsp3) is 0.542. The number of benzene rings is 1. The highest BCUT2D eigenvalue weighted by Gasteiger charge is 2.18. The maximum atomic E-state index is 12.8. The normalized spacial score (nSPS) is 11.9. The molecule has 0 spiro atoms. The lowest BCUT2D eigenvalue weighted by Gasteiger charge is -2.15. The van der Waals surface area contributed by atoms with Crippen molar-refractivity contribution in [1.82, 2.24) is 15.1 Å². The SMILES string of the molecule is CNC(Cc1ccc(-c2c(OCCOCCOCCOCCN)cnn(C)c2=O)cc1)C(=O)OC. The van der Waals surface area contributed by atoms with Gasteiger partial charge in [0.25, 0.3) is 5.56 Å². The van der Waals surface area contributed by atoms with Crippen LogP contribution in [-0.2, 0) is 37.2 Å². The van der Waals surface area contributed by atoms with Gasteiger partial charge < -0.3 is 34.7 Å². The van der Waals surface area contributed by atoms with E-state index in [9.17, 15) is 9.59 Å². The predicted molar refractivity (Wildman–Crippen MR) is 130 cm³/mol. The Balaban J connectivity index is 1.91. The second-order valence-corrected chi connectivity index (χ2v) is 7.55. The Bertz CT molecular complexity index is 950. The molecule has 0 saturated heterocycles. The summed E-state index contributed by atoms with van der Waals surface area (Å²) in [4.78, 5) is 24.6. The first-order chi connectivity index (χ1) is 17.0. The summed E-state index contributed by atoms with van der Waals surface area (Å²) in [5, 5.41) is 7.01. The summed E-state index contributed by atoms with van der Waals surface area (Å²) >= 11 is 0. The Morgan fingerprint density at radius 3 is 2.20 bits per heavy atom. The molecule has 1 aromatic carbocycles. The van der Waals surface area contributed by atoms with Gasteiger partial charge in [-0.05, 0) is 24.6 Å². The van der Waals surface area contributed by atoms with Crippen molar-refractivity contribution in [2.75, 3.05) is 67.0 Å². The van der Waals surface area contributed by atoms with Gasteiger partial charge in [0.15, 0.2) is 5.75 Å². The highest BCUT2D eigenvalue weighted by Crippen LogP contribution is 2.26. The van der Waals surface area contributed by atoms with Gasteiger partial charge in [-0.15, -0.1) is 0 Å². The summed E-state index contributed by atoms with van der Waals surface area (Å²) in [5.41, 5.74) is 7.09. The van der Waals surface area contributed by atoms with Crippen LogP contribution in [0.25, 0.3) is 11.1 Å². The molecular formula is C24H36N4O7. The Morgan fingerprint density at radius 2 is 1.63 bits per heavy atom. The summed E-state index contributed by atoms with van der Waals surface area (Å²) in [5.74, 6) is 0.0426. The highest BCUT2D eigenvalue weighted by atomic mass is 16.6. The molecule has 194 valence electrons. The standard InChI is InChI=1S/C24H36N4O7/c1-26-20(24(30)31-3)16-18-4-6-19(7-5-18)22-21(17-27-28(2)23(22)29)35-15-14-34-13-12-33-11-10-32-9-8-25/h4-7,17,20,26H,8-16,25H2,1-3H3. The van der Waals surface area contributed by atoms with E-state index >= 15 is 0 Å². The van der Waals surface area contributed by atoms with Crippen molar-refractivity contribution in [3.63, 3.8) is 0 Å². The van der Waals surface area contributed by atoms with E-state index in [2.05, 4.69) is 10.4 Å². The molecule has 0 aliphatic carbocycles. The molecule has 11 nitrogen and oxygen atoms in total. The van der Waals surface area contributed by atoms with Crippen LogP contribution in [0.1, 0.15) is 5.56 Å². The highest BCUT2D eigenvalue weighted by molar-refractivity contribution is 5.76. The number of hydrogen-bond donors (Lipinski definition) is 2. The largest absolute Gasteiger partial charge is 0.489 e. The van der Waals surface area contributed by atoms with Crippen molar-refractivity contribution in [2.45, 2.75) is 12.5 Å². The number of carbonyl (C=O) groups is 1. The van der Waals surface area contributed by atoms with Gasteiger partial charge in [-0.2, -0.15) is 5.10 Å². The van der Waals surface area contributed by atoms with Gasteiger partial charge in [-0.3, -0.25) is 9.59 Å². The topological polar surface area (TPSA) is 136 Å². The van der Waals surface area contributed by atoms with Crippen molar-refractivity contribution >= 4 is 5.97 Å². The molecule has 1 unspecified atom stereocenters.